The molecule has 0 amide bonds. The maximum Gasteiger partial charge on any atom is 0.00707 e. The van der Waals surface area contributed by atoms with Gasteiger partial charge in [0.2, 0.25) is 0 Å². The van der Waals surface area contributed by atoms with E-state index in [0.29, 0.717) is 6.04 Å². The first-order valence-corrected chi connectivity index (χ1v) is 6.77. The van der Waals surface area contributed by atoms with Gasteiger partial charge in [0.1, 0.15) is 0 Å². The third-order valence-corrected chi connectivity index (χ3v) is 3.02. The lowest BCUT2D eigenvalue weighted by Gasteiger charge is -2.19. The smallest absolute Gasteiger partial charge is 0.00707 e. The predicted octanol–water partition coefficient (Wildman–Crippen LogP) is 3.38. The number of hydrogen-bond acceptors (Lipinski definition) is 2. The highest BCUT2D eigenvalue weighted by Gasteiger charge is 2.12. The Balaban J connectivity index is 3.54. The highest BCUT2D eigenvalue weighted by atomic mass is 14.6. The summed E-state index contributed by atoms with van der Waals surface area (Å²) >= 11 is 0. The molecule has 0 aliphatic carbocycles. The van der Waals surface area contributed by atoms with Gasteiger partial charge in [-0.15, -0.1) is 0 Å². The Labute approximate surface area is 107 Å². The van der Waals surface area contributed by atoms with Crippen LogP contribution in [0.1, 0.15) is 52.9 Å². The molecule has 0 aliphatic heterocycles. The SMILES string of the molecule is CCC(N)C/C=C/CC/C=C/CC(C)(C)CN. The molecule has 100 valence electrons. The molecule has 0 saturated heterocycles. The summed E-state index contributed by atoms with van der Waals surface area (Å²) in [6.07, 6.45) is 14.3. The van der Waals surface area contributed by atoms with E-state index in [9.17, 15) is 0 Å². The van der Waals surface area contributed by atoms with E-state index < -0.39 is 0 Å². The Bertz CT molecular complexity index is 229. The highest BCUT2D eigenvalue weighted by Crippen LogP contribution is 2.18. The van der Waals surface area contributed by atoms with Crippen LogP contribution in [0.5, 0.6) is 0 Å². The Kier molecular flexibility index (Phi) is 9.10. The van der Waals surface area contributed by atoms with Crippen molar-refractivity contribution in [2.45, 2.75) is 58.9 Å². The Morgan fingerprint density at radius 3 is 2.18 bits per heavy atom. The first-order chi connectivity index (χ1) is 8.02. The second-order valence-electron chi connectivity index (χ2n) is 5.50. The van der Waals surface area contributed by atoms with Gasteiger partial charge in [-0.1, -0.05) is 45.1 Å². The zero-order chi connectivity index (χ0) is 13.1. The topological polar surface area (TPSA) is 52.0 Å². The Morgan fingerprint density at radius 2 is 1.65 bits per heavy atom. The van der Waals surface area contributed by atoms with Crippen LogP contribution in [-0.2, 0) is 0 Å². The van der Waals surface area contributed by atoms with Crippen molar-refractivity contribution in [3.05, 3.63) is 24.3 Å². The molecule has 17 heavy (non-hydrogen) atoms. The van der Waals surface area contributed by atoms with Crippen molar-refractivity contribution in [1.29, 1.82) is 0 Å². The van der Waals surface area contributed by atoms with Gasteiger partial charge < -0.3 is 11.5 Å². The first-order valence-electron chi connectivity index (χ1n) is 6.77. The minimum absolute atomic E-state index is 0.236. The summed E-state index contributed by atoms with van der Waals surface area (Å²) in [6.45, 7) is 7.26. The summed E-state index contributed by atoms with van der Waals surface area (Å²) in [6, 6.07) is 0.326. The fraction of sp³-hybridized carbons (Fsp3) is 0.733. The normalized spacial score (nSPS) is 14.9. The third-order valence-electron chi connectivity index (χ3n) is 3.02. The average Bonchev–Trinajstić information content (AvgIpc) is 2.32. The molecule has 0 rings (SSSR count). The Morgan fingerprint density at radius 1 is 1.06 bits per heavy atom. The number of unbranched alkanes of at least 4 members (excludes halogenated alkanes) is 1. The van der Waals surface area contributed by atoms with Crippen LogP contribution in [0.25, 0.3) is 0 Å². The summed E-state index contributed by atoms with van der Waals surface area (Å²) in [5, 5.41) is 0. The standard InChI is InChI=1S/C15H30N2/c1-4-14(17)11-9-7-5-6-8-10-12-15(2,3)13-16/h7-10,14H,4-6,11-13,16-17H2,1-3H3/b9-7+,10-8+. The van der Waals surface area contributed by atoms with Crippen molar-refractivity contribution < 1.29 is 0 Å². The maximum atomic E-state index is 5.82. The van der Waals surface area contributed by atoms with E-state index in [0.717, 1.165) is 38.6 Å². The molecule has 0 aromatic heterocycles. The van der Waals surface area contributed by atoms with E-state index in [2.05, 4.69) is 45.1 Å². The van der Waals surface area contributed by atoms with E-state index in [1.807, 2.05) is 0 Å². The molecule has 1 atom stereocenters. The molecule has 0 aliphatic rings. The third kappa shape index (κ3) is 10.3. The quantitative estimate of drug-likeness (QED) is 0.478. The minimum Gasteiger partial charge on any atom is -0.330 e. The summed E-state index contributed by atoms with van der Waals surface area (Å²) < 4.78 is 0. The van der Waals surface area contributed by atoms with Crippen LogP contribution in [-0.4, -0.2) is 12.6 Å². The average molecular weight is 238 g/mol. The number of rotatable bonds is 9. The second-order valence-corrected chi connectivity index (χ2v) is 5.50. The molecule has 0 spiro atoms. The minimum atomic E-state index is 0.236. The highest BCUT2D eigenvalue weighted by molar-refractivity contribution is 4.91. The lowest BCUT2D eigenvalue weighted by molar-refractivity contribution is 0.384. The molecule has 0 fully saturated rings. The largest absolute Gasteiger partial charge is 0.330 e. The lowest BCUT2D eigenvalue weighted by Crippen LogP contribution is -2.22. The molecule has 2 heteroatoms. The van der Waals surface area contributed by atoms with Crippen molar-refractivity contribution in [1.82, 2.24) is 0 Å². The predicted molar refractivity (Wildman–Crippen MR) is 77.8 cm³/mol. The van der Waals surface area contributed by atoms with Gasteiger partial charge in [-0.05, 0) is 44.1 Å². The number of hydrogen-bond donors (Lipinski definition) is 2. The van der Waals surface area contributed by atoms with Gasteiger partial charge in [0.05, 0.1) is 0 Å². The van der Waals surface area contributed by atoms with E-state index >= 15 is 0 Å². The van der Waals surface area contributed by atoms with Crippen LogP contribution >= 0.6 is 0 Å². The molecule has 0 bridgehead atoms. The van der Waals surface area contributed by atoms with E-state index in [4.69, 9.17) is 11.5 Å². The summed E-state index contributed by atoms with van der Waals surface area (Å²) in [4.78, 5) is 0. The van der Waals surface area contributed by atoms with E-state index in [1.165, 1.54) is 0 Å². The summed E-state index contributed by atoms with van der Waals surface area (Å²) in [5.74, 6) is 0. The van der Waals surface area contributed by atoms with Gasteiger partial charge in [0.15, 0.2) is 0 Å². The monoisotopic (exact) mass is 238 g/mol. The zero-order valence-corrected chi connectivity index (χ0v) is 11.8. The van der Waals surface area contributed by atoms with Crippen molar-refractivity contribution in [3.63, 3.8) is 0 Å². The lowest BCUT2D eigenvalue weighted by atomic mass is 9.89. The van der Waals surface area contributed by atoms with Gasteiger partial charge in [-0.25, -0.2) is 0 Å². The molecule has 4 N–H and O–H groups in total. The molecule has 0 saturated carbocycles. The molecule has 1 unspecified atom stereocenters. The van der Waals surface area contributed by atoms with Crippen molar-refractivity contribution in [3.8, 4) is 0 Å². The van der Waals surface area contributed by atoms with Gasteiger partial charge in [-0.2, -0.15) is 0 Å². The number of nitrogens with two attached hydrogens (primary N) is 2. The molecule has 0 aromatic rings. The van der Waals surface area contributed by atoms with E-state index in [1.54, 1.807) is 0 Å². The molecular weight excluding hydrogens is 208 g/mol. The van der Waals surface area contributed by atoms with Crippen molar-refractivity contribution in [2.24, 2.45) is 16.9 Å². The summed E-state index contributed by atoms with van der Waals surface area (Å²) in [7, 11) is 0. The molecule has 0 radical (unpaired) electrons. The van der Waals surface area contributed by atoms with Gasteiger partial charge >= 0.3 is 0 Å². The molecule has 0 aromatic carbocycles. The first kappa shape index (κ1) is 16.4. The van der Waals surface area contributed by atoms with Crippen LogP contribution in [0, 0.1) is 5.41 Å². The molecular formula is C15H30N2. The molecule has 0 heterocycles. The van der Waals surface area contributed by atoms with Crippen molar-refractivity contribution in [2.75, 3.05) is 6.54 Å². The van der Waals surface area contributed by atoms with Gasteiger partial charge in [0.25, 0.3) is 0 Å². The van der Waals surface area contributed by atoms with Crippen LogP contribution in [0.3, 0.4) is 0 Å². The summed E-state index contributed by atoms with van der Waals surface area (Å²) in [5.41, 5.74) is 11.7. The van der Waals surface area contributed by atoms with Gasteiger partial charge in [-0.3, -0.25) is 0 Å². The second kappa shape index (κ2) is 9.43. The number of allylic oxidation sites excluding steroid dienone is 3. The van der Waals surface area contributed by atoms with Crippen LogP contribution in [0.2, 0.25) is 0 Å². The zero-order valence-electron chi connectivity index (χ0n) is 11.8. The van der Waals surface area contributed by atoms with E-state index in [-0.39, 0.29) is 5.41 Å². The Hall–Kier alpha value is -0.600. The maximum absolute atomic E-state index is 5.82. The van der Waals surface area contributed by atoms with Crippen LogP contribution in [0.15, 0.2) is 24.3 Å². The fourth-order valence-corrected chi connectivity index (χ4v) is 1.35. The molecule has 2 nitrogen and oxygen atoms in total. The van der Waals surface area contributed by atoms with Crippen LogP contribution in [0.4, 0.5) is 0 Å². The fourth-order valence-electron chi connectivity index (χ4n) is 1.35. The van der Waals surface area contributed by atoms with Crippen molar-refractivity contribution >= 4 is 0 Å². The van der Waals surface area contributed by atoms with Gasteiger partial charge in [0, 0.05) is 6.04 Å². The van der Waals surface area contributed by atoms with Crippen LogP contribution < -0.4 is 11.5 Å².